The highest BCUT2D eigenvalue weighted by Gasteiger charge is 2.15. The van der Waals surface area contributed by atoms with Gasteiger partial charge in [-0.05, 0) is 114 Å². The van der Waals surface area contributed by atoms with Crippen LogP contribution in [0.4, 0.5) is 0 Å². The summed E-state index contributed by atoms with van der Waals surface area (Å²) in [5.74, 6) is 0. The van der Waals surface area contributed by atoms with Crippen molar-refractivity contribution in [2.45, 2.75) is 0 Å². The Balaban J connectivity index is 0.995. The zero-order chi connectivity index (χ0) is 32.8. The third-order valence-corrected chi connectivity index (χ3v) is 10.4. The Labute approximate surface area is 287 Å². The second-order valence-corrected chi connectivity index (χ2v) is 13.3. The minimum absolute atomic E-state index is 0.872. The van der Waals surface area contributed by atoms with Crippen molar-refractivity contribution in [1.82, 2.24) is 0 Å². The molecule has 0 bridgehead atoms. The van der Waals surface area contributed by atoms with Crippen LogP contribution in [0.3, 0.4) is 0 Å². The molecular weight excluding hydrogens is 609 g/mol. The number of furan rings is 2. The van der Waals surface area contributed by atoms with Gasteiger partial charge in [-0.3, -0.25) is 0 Å². The van der Waals surface area contributed by atoms with Gasteiger partial charge in [-0.2, -0.15) is 0 Å². The first-order valence-corrected chi connectivity index (χ1v) is 17.1. The van der Waals surface area contributed by atoms with Crippen LogP contribution in [0.1, 0.15) is 0 Å². The molecule has 2 heteroatoms. The van der Waals surface area contributed by atoms with Crippen LogP contribution in [0.5, 0.6) is 0 Å². The van der Waals surface area contributed by atoms with Crippen molar-refractivity contribution in [3.8, 4) is 33.4 Å². The van der Waals surface area contributed by atoms with Gasteiger partial charge in [0.25, 0.3) is 0 Å². The molecule has 0 radical (unpaired) electrons. The van der Waals surface area contributed by atoms with Gasteiger partial charge in [-0.25, -0.2) is 0 Å². The van der Waals surface area contributed by atoms with Crippen LogP contribution in [0.2, 0.25) is 0 Å². The van der Waals surface area contributed by atoms with Crippen LogP contribution >= 0.6 is 0 Å². The van der Waals surface area contributed by atoms with Gasteiger partial charge in [-0.1, -0.05) is 121 Å². The van der Waals surface area contributed by atoms with E-state index in [0.29, 0.717) is 0 Å². The molecule has 0 spiro atoms. The average Bonchev–Trinajstić information content (AvgIpc) is 3.73. The minimum Gasteiger partial charge on any atom is -0.456 e. The molecule has 0 aliphatic carbocycles. The maximum atomic E-state index is 6.35. The Morgan fingerprint density at radius 1 is 0.200 bits per heavy atom. The molecule has 0 unspecified atom stereocenters. The van der Waals surface area contributed by atoms with E-state index in [1.54, 1.807) is 0 Å². The smallest absolute Gasteiger partial charge is 0.136 e. The van der Waals surface area contributed by atoms with Crippen LogP contribution in [0.15, 0.2) is 179 Å². The van der Waals surface area contributed by atoms with E-state index < -0.39 is 0 Å². The van der Waals surface area contributed by atoms with Crippen LogP contribution in [-0.2, 0) is 0 Å². The van der Waals surface area contributed by atoms with Gasteiger partial charge in [0.15, 0.2) is 0 Å². The van der Waals surface area contributed by atoms with Gasteiger partial charge in [0.05, 0.1) is 0 Å². The first-order chi connectivity index (χ1) is 24.7. The predicted molar refractivity (Wildman–Crippen MR) is 210 cm³/mol. The summed E-state index contributed by atoms with van der Waals surface area (Å²) in [5, 5.41) is 12.1. The van der Waals surface area contributed by atoms with Crippen molar-refractivity contribution in [1.29, 1.82) is 0 Å². The second-order valence-electron chi connectivity index (χ2n) is 13.3. The molecule has 0 N–H and O–H groups in total. The second kappa shape index (κ2) is 10.4. The van der Waals surface area contributed by atoms with Gasteiger partial charge in [-0.15, -0.1) is 0 Å². The van der Waals surface area contributed by atoms with Crippen LogP contribution in [-0.4, -0.2) is 0 Å². The highest BCUT2D eigenvalue weighted by Crippen LogP contribution is 2.40. The lowest BCUT2D eigenvalue weighted by Gasteiger charge is -2.13. The van der Waals surface area contributed by atoms with E-state index >= 15 is 0 Å². The molecular formula is C48H28O2. The highest BCUT2D eigenvalue weighted by atomic mass is 16.3. The fourth-order valence-corrected chi connectivity index (χ4v) is 8.02. The topological polar surface area (TPSA) is 26.3 Å². The largest absolute Gasteiger partial charge is 0.456 e. The molecule has 9 aromatic carbocycles. The number of hydrogen-bond donors (Lipinski definition) is 0. The monoisotopic (exact) mass is 636 g/mol. The zero-order valence-electron chi connectivity index (χ0n) is 27.0. The number of fused-ring (bicyclic) bond motifs is 12. The van der Waals surface area contributed by atoms with Gasteiger partial charge < -0.3 is 8.83 Å². The summed E-state index contributed by atoms with van der Waals surface area (Å²) in [6, 6.07) is 61.1. The molecule has 0 saturated carbocycles. The number of para-hydroxylation sites is 1. The standard InChI is InChI=1S/C48H28O2/c1-2-15-37-35(13-1)36-14-3-4-16-38(36)41-25-33(19-21-39(37)41)31-11-7-9-29(23-31)30-10-8-12-32(24-30)34-20-22-46-42(26-34)44-28-47-43(27-48(44)50-46)40-17-5-6-18-45(40)49-47/h1-28H. The van der Waals surface area contributed by atoms with Crippen molar-refractivity contribution in [3.63, 3.8) is 0 Å². The molecule has 232 valence electrons. The molecule has 0 aliphatic rings. The van der Waals surface area contributed by atoms with Crippen molar-refractivity contribution in [2.75, 3.05) is 0 Å². The molecule has 2 nitrogen and oxygen atoms in total. The quantitative estimate of drug-likeness (QED) is 0.180. The summed E-state index contributed by atoms with van der Waals surface area (Å²) in [4.78, 5) is 0. The molecule has 0 amide bonds. The van der Waals surface area contributed by atoms with Crippen molar-refractivity contribution in [2.24, 2.45) is 0 Å². The molecule has 2 aromatic heterocycles. The summed E-state index contributed by atoms with van der Waals surface area (Å²) in [6.45, 7) is 0. The van der Waals surface area contributed by atoms with Gasteiger partial charge in [0, 0.05) is 21.5 Å². The maximum absolute atomic E-state index is 6.35. The lowest BCUT2D eigenvalue weighted by atomic mass is 9.91. The molecule has 2 heterocycles. The summed E-state index contributed by atoms with van der Waals surface area (Å²) in [7, 11) is 0. The number of rotatable bonds is 3. The van der Waals surface area contributed by atoms with E-state index in [1.165, 1.54) is 54.6 Å². The van der Waals surface area contributed by atoms with Crippen LogP contribution in [0.25, 0.3) is 110 Å². The Bertz CT molecular complexity index is 3120. The van der Waals surface area contributed by atoms with E-state index in [0.717, 1.165) is 55.0 Å². The van der Waals surface area contributed by atoms with E-state index in [-0.39, 0.29) is 0 Å². The SMILES string of the molecule is c1cc(-c2cccc(-c3ccc4c5ccccc5c5ccccc5c4c3)c2)cc(-c2ccc3oc4cc5c(cc4c3c2)oc2ccccc25)c1. The van der Waals surface area contributed by atoms with Gasteiger partial charge >= 0.3 is 0 Å². The van der Waals surface area contributed by atoms with E-state index in [9.17, 15) is 0 Å². The molecule has 0 aliphatic heterocycles. The maximum Gasteiger partial charge on any atom is 0.136 e. The Morgan fingerprint density at radius 3 is 1.16 bits per heavy atom. The lowest BCUT2D eigenvalue weighted by Crippen LogP contribution is -1.86. The van der Waals surface area contributed by atoms with E-state index in [1.807, 2.05) is 18.2 Å². The summed E-state index contributed by atoms with van der Waals surface area (Å²) < 4.78 is 12.6. The van der Waals surface area contributed by atoms with Crippen LogP contribution in [0, 0.1) is 0 Å². The fourth-order valence-electron chi connectivity index (χ4n) is 8.02. The van der Waals surface area contributed by atoms with Crippen LogP contribution < -0.4 is 0 Å². The van der Waals surface area contributed by atoms with Gasteiger partial charge in [0.2, 0.25) is 0 Å². The summed E-state index contributed by atoms with van der Waals surface area (Å²) in [6.07, 6.45) is 0. The molecule has 11 aromatic rings. The number of hydrogen-bond acceptors (Lipinski definition) is 2. The minimum atomic E-state index is 0.872. The van der Waals surface area contributed by atoms with E-state index in [4.69, 9.17) is 8.83 Å². The molecule has 11 rings (SSSR count). The highest BCUT2D eigenvalue weighted by molar-refractivity contribution is 6.25. The van der Waals surface area contributed by atoms with E-state index in [2.05, 4.69) is 152 Å². The third kappa shape index (κ3) is 4.09. The zero-order valence-corrected chi connectivity index (χ0v) is 27.0. The normalized spacial score (nSPS) is 12.0. The first kappa shape index (κ1) is 27.3. The van der Waals surface area contributed by atoms with Crippen molar-refractivity contribution in [3.05, 3.63) is 170 Å². The molecule has 0 fully saturated rings. The number of benzene rings is 9. The summed E-state index contributed by atoms with van der Waals surface area (Å²) in [5.41, 5.74) is 10.6. The summed E-state index contributed by atoms with van der Waals surface area (Å²) >= 11 is 0. The fraction of sp³-hybridized carbons (Fsp3) is 0. The average molecular weight is 637 g/mol. The predicted octanol–water partition coefficient (Wildman–Crippen LogP) is 13.9. The Morgan fingerprint density at radius 2 is 0.580 bits per heavy atom. The van der Waals surface area contributed by atoms with Crippen molar-refractivity contribution < 1.29 is 8.83 Å². The molecule has 0 atom stereocenters. The Kier molecular flexibility index (Phi) is 5.70. The Hall–Kier alpha value is -6.64. The van der Waals surface area contributed by atoms with Crippen molar-refractivity contribution >= 4 is 76.2 Å². The van der Waals surface area contributed by atoms with Gasteiger partial charge in [0.1, 0.15) is 22.3 Å². The molecule has 0 saturated heterocycles. The third-order valence-electron chi connectivity index (χ3n) is 10.4. The lowest BCUT2D eigenvalue weighted by molar-refractivity contribution is 0.664. The first-order valence-electron chi connectivity index (χ1n) is 17.1. The molecule has 50 heavy (non-hydrogen) atoms.